The van der Waals surface area contributed by atoms with Gasteiger partial charge in [0.05, 0.1) is 39.6 Å². The summed E-state index contributed by atoms with van der Waals surface area (Å²) in [6.07, 6.45) is -23.6. The Hall–Kier alpha value is -6.21. The number of nitrogens with one attached hydrogen (secondary N) is 4. The fraction of sp³-hybridized carbons (Fsp3) is 0.850. The number of hydrogen-bond donors (Lipinski definition) is 14. The number of amides is 4. The summed E-state index contributed by atoms with van der Waals surface area (Å²) in [5.74, 6) is 1.32. The number of aliphatic hydroxyl groups excluding tert-OH is 10. The van der Waals surface area contributed by atoms with Crippen molar-refractivity contribution >= 4 is 35.9 Å². The highest BCUT2D eigenvalue weighted by molar-refractivity contribution is 5.82. The lowest BCUT2D eigenvalue weighted by Crippen LogP contribution is -2.64. The third kappa shape index (κ3) is 31.6. The molecular weight excluding hydrogens is 1550 g/mol. The fourth-order valence-electron chi connectivity index (χ4n) is 14.8. The summed E-state index contributed by atoms with van der Waals surface area (Å²) in [4.78, 5) is 82.1. The van der Waals surface area contributed by atoms with Crippen LogP contribution in [0.1, 0.15) is 194 Å². The van der Waals surface area contributed by atoms with Crippen LogP contribution in [0.5, 0.6) is 11.5 Å². The van der Waals surface area contributed by atoms with Gasteiger partial charge in [-0.1, -0.05) is 84.2 Å². The zero-order chi connectivity index (χ0) is 86.8. The molecule has 38 heteroatoms. The Morgan fingerprint density at radius 1 is 0.542 bits per heavy atom. The van der Waals surface area contributed by atoms with Gasteiger partial charge in [0, 0.05) is 45.2 Å². The van der Waals surface area contributed by atoms with E-state index in [1.165, 1.54) is 52.6 Å². The van der Waals surface area contributed by atoms with Gasteiger partial charge in [-0.05, 0) is 158 Å². The molecule has 25 atom stereocenters. The van der Waals surface area contributed by atoms with Gasteiger partial charge in [-0.15, -0.1) is 0 Å². The topological polar surface area (TPSA) is 540 Å². The third-order valence-electron chi connectivity index (χ3n) is 22.2. The van der Waals surface area contributed by atoms with Crippen LogP contribution in [-0.2, 0) is 87.2 Å². The maximum absolute atomic E-state index is 14.0. The molecule has 0 aliphatic carbocycles. The molecule has 8 unspecified atom stereocenters. The average Bonchev–Trinajstić information content (AvgIpc) is 0.774. The molecule has 5 aliphatic rings. The van der Waals surface area contributed by atoms with E-state index in [1.807, 2.05) is 19.9 Å². The molecule has 38 nitrogen and oxygen atoms in total. The van der Waals surface area contributed by atoms with E-state index in [1.54, 1.807) is 6.92 Å². The van der Waals surface area contributed by atoms with Gasteiger partial charge in [-0.25, -0.2) is 19.2 Å². The van der Waals surface area contributed by atoms with Crippen molar-refractivity contribution in [2.75, 3.05) is 80.1 Å². The summed E-state index contributed by atoms with van der Waals surface area (Å²) in [5.41, 5.74) is 11.0. The van der Waals surface area contributed by atoms with Gasteiger partial charge < -0.3 is 143 Å². The molecule has 6 rings (SSSR count). The number of methoxy groups -OCH3 is 2. The molecule has 118 heavy (non-hydrogen) atoms. The fourth-order valence-corrected chi connectivity index (χ4v) is 14.8. The van der Waals surface area contributed by atoms with Crippen molar-refractivity contribution in [2.45, 2.75) is 338 Å². The number of hydrogen-bond acceptors (Lipinski definition) is 32. The predicted octanol–water partition coefficient (Wildman–Crippen LogP) is 3.55. The number of ether oxygens (including phenoxy) is 15. The summed E-state index contributed by atoms with van der Waals surface area (Å²) >= 11 is 0. The molecule has 5 aliphatic heterocycles. The van der Waals surface area contributed by atoms with E-state index in [0.717, 1.165) is 73.5 Å². The highest BCUT2D eigenvalue weighted by Crippen LogP contribution is 2.43. The van der Waals surface area contributed by atoms with Crippen molar-refractivity contribution in [3.8, 4) is 11.5 Å². The van der Waals surface area contributed by atoms with Gasteiger partial charge >= 0.3 is 24.1 Å². The first-order valence-corrected chi connectivity index (χ1v) is 41.8. The molecule has 5 heterocycles. The number of esters is 2. The van der Waals surface area contributed by atoms with E-state index >= 15 is 0 Å². The van der Waals surface area contributed by atoms with Crippen molar-refractivity contribution in [3.05, 3.63) is 33.2 Å². The molecule has 0 saturated carbocycles. The highest BCUT2D eigenvalue weighted by Gasteiger charge is 2.53. The monoisotopic (exact) mass is 1690 g/mol. The van der Waals surface area contributed by atoms with Crippen LogP contribution >= 0.6 is 0 Å². The number of carbonyl (C=O) groups is 6. The van der Waals surface area contributed by atoms with Crippen LogP contribution in [-0.4, -0.2) is 308 Å². The molecule has 0 radical (unpaired) electrons. The lowest BCUT2D eigenvalue weighted by molar-refractivity contribution is -0.347. The van der Waals surface area contributed by atoms with Gasteiger partial charge in [0.15, 0.2) is 44.0 Å². The molecule has 0 bridgehead atoms. The van der Waals surface area contributed by atoms with E-state index in [0.29, 0.717) is 56.7 Å². The molecule has 14 N–H and O–H groups in total. The minimum Gasteiger partial charge on any atom is -0.487 e. The quantitative estimate of drug-likeness (QED) is 0.0111. The van der Waals surface area contributed by atoms with Crippen molar-refractivity contribution < 1.29 is 151 Å². The third-order valence-corrected chi connectivity index (χ3v) is 22.2. The van der Waals surface area contributed by atoms with Gasteiger partial charge in [0.25, 0.3) is 5.91 Å². The molecular formula is C80H135N7O31. The van der Waals surface area contributed by atoms with Crippen LogP contribution in [0, 0.1) is 31.6 Å². The molecule has 1 aromatic rings. The number of aryl methyl sites for hydroxylation is 1. The first kappa shape index (κ1) is 101. The normalized spacial score (nSPS) is 29.9. The highest BCUT2D eigenvalue weighted by atomic mass is 16.8. The molecule has 4 amide bonds. The van der Waals surface area contributed by atoms with Crippen LogP contribution in [0.15, 0.2) is 11.2 Å². The van der Waals surface area contributed by atoms with Crippen molar-refractivity contribution in [3.63, 3.8) is 0 Å². The lowest BCUT2D eigenvalue weighted by atomic mass is 9.85. The second-order valence-corrected chi connectivity index (χ2v) is 32.2. The zero-order valence-corrected chi connectivity index (χ0v) is 70.3. The Kier molecular flexibility index (Phi) is 44.0. The molecule has 4 saturated heterocycles. The average molecular weight is 1690 g/mol. The second kappa shape index (κ2) is 51.7. The maximum atomic E-state index is 14.0. The summed E-state index contributed by atoms with van der Waals surface area (Å²) in [7, 11) is 2.41. The standard InChI is InChI=1S/C80H135N7O31/c1-12-106-72(100)50(29-16-19-35-82-57(88)31-15-14-18-37-84-87-81)85-78(102)116-70-61(92)55(112-74(105-11)67(70)98)41-109-76-66(97)64(95)60(91)54(114-76)40-111-77-68(99)71(62(93)56(115-77)42-110-75-65(96)63(94)59(90)53(113-75)39-104-10)117-79(103)86-51(73(101)107-13-2)30-17-20-36-83-58(89)43-108-52-38-49-32-34-80(9,118-69(49)48(8)47(52)7)33-23-28-46(6)27-22-26-45(5)25-21-24-44(3)4/h38,44-46,50-51,53-56,59-68,70-71,74-77,90-99H,12-37,39-43H2,1-11H3,(H,82,88)(H,83,89)(H,85,102)(H,86,103)/t45-,46-,50+,51+,53?,54?,55?,56?,59-,60-,61-,62-,63+,64+,65?,66?,67?,68?,70+,71+,74-,75-,76-,77+,80-/m1/s1. The number of carbonyl (C=O) groups excluding carboxylic acids is 6. The van der Waals surface area contributed by atoms with E-state index < -0.39 is 185 Å². The van der Waals surface area contributed by atoms with Crippen LogP contribution < -0.4 is 30.7 Å². The Balaban J connectivity index is 1.03. The maximum Gasteiger partial charge on any atom is 0.408 e. The zero-order valence-electron chi connectivity index (χ0n) is 70.3. The van der Waals surface area contributed by atoms with E-state index in [-0.39, 0.29) is 76.7 Å². The van der Waals surface area contributed by atoms with E-state index in [4.69, 9.17) is 76.6 Å². The van der Waals surface area contributed by atoms with E-state index in [9.17, 15) is 79.8 Å². The summed E-state index contributed by atoms with van der Waals surface area (Å²) in [5, 5.41) is 126. The van der Waals surface area contributed by atoms with Crippen LogP contribution in [0.4, 0.5) is 9.59 Å². The number of aliphatic hydroxyl groups is 10. The van der Waals surface area contributed by atoms with Crippen LogP contribution in [0.3, 0.4) is 0 Å². The van der Waals surface area contributed by atoms with Crippen molar-refractivity contribution in [1.82, 2.24) is 21.3 Å². The first-order chi connectivity index (χ1) is 56.3. The Morgan fingerprint density at radius 2 is 1.01 bits per heavy atom. The van der Waals surface area contributed by atoms with E-state index in [2.05, 4.69) is 65.9 Å². The molecule has 0 aromatic heterocycles. The van der Waals surface area contributed by atoms with Gasteiger partial charge in [0.1, 0.15) is 115 Å². The predicted molar refractivity (Wildman–Crippen MR) is 419 cm³/mol. The summed E-state index contributed by atoms with van der Waals surface area (Å²) < 4.78 is 85.3. The molecule has 1 aromatic carbocycles. The summed E-state index contributed by atoms with van der Waals surface area (Å²) in [6, 6.07) is -0.720. The molecule has 0 spiro atoms. The van der Waals surface area contributed by atoms with Gasteiger partial charge in [0.2, 0.25) is 5.91 Å². The first-order valence-electron chi connectivity index (χ1n) is 41.8. The largest absolute Gasteiger partial charge is 0.487 e. The van der Waals surface area contributed by atoms with Gasteiger partial charge in [-0.2, -0.15) is 0 Å². The number of unbranched alkanes of at least 4 members (excludes halogenated alkanes) is 4. The number of azide groups is 1. The molecule has 676 valence electrons. The molecule has 4 fully saturated rings. The van der Waals surface area contributed by atoms with Crippen molar-refractivity contribution in [2.24, 2.45) is 22.9 Å². The van der Waals surface area contributed by atoms with Gasteiger partial charge in [-0.3, -0.25) is 9.59 Å². The van der Waals surface area contributed by atoms with Crippen molar-refractivity contribution in [1.29, 1.82) is 0 Å². The number of benzene rings is 1. The minimum atomic E-state index is -2.16. The Morgan fingerprint density at radius 3 is 1.50 bits per heavy atom. The number of rotatable bonds is 51. The Labute approximate surface area is 690 Å². The number of alkyl carbamates (subject to hydrolysis) is 2. The minimum absolute atomic E-state index is 0.0207. The summed E-state index contributed by atoms with van der Waals surface area (Å²) in [6.45, 7) is 16.1. The number of nitrogens with zero attached hydrogens (tertiary/aromatic N) is 3. The smallest absolute Gasteiger partial charge is 0.408 e. The van der Waals surface area contributed by atoms with Crippen LogP contribution in [0.2, 0.25) is 0 Å². The SMILES string of the molecule is CCOC(=O)[C@H](CCCCNC(=O)CCCCCN=[N+]=[N-])NC(=O)O[C@@H]1C(O)[C@H](OC)OC(CO[C@@H]2OC(CO[C@H]3OC(CO[C@@H]4OC(COC)[C@@H](O)[C@H](O)C4O)[C@@H](O)[C@H](OC(=O)N[C@@H](CCCCNC(=O)COc4cc5c(c(C)c4C)O[C@](C)(CCC[C@H](C)CCC[C@H](C)CCCC(C)C)CC5)C(=O)OCC)C3O)[C@@H](O)[C@H](O)C2O)[C@H]1O. The van der Waals surface area contributed by atoms with Crippen LogP contribution in [0.25, 0.3) is 10.4 Å². The Bertz CT molecular complexity index is 3240. The second-order valence-electron chi connectivity index (χ2n) is 32.2. The lowest BCUT2D eigenvalue weighted by Gasteiger charge is -2.45. The number of fused-ring (bicyclic) bond motifs is 1.